The second-order valence-electron chi connectivity index (χ2n) is 6.82. The normalized spacial score (nSPS) is 14.2. The minimum absolute atomic E-state index is 0.161. The molecule has 2 aromatic rings. The van der Waals surface area contributed by atoms with Crippen molar-refractivity contribution in [2.75, 3.05) is 49.5 Å². The fourth-order valence-electron chi connectivity index (χ4n) is 3.17. The zero-order valence-corrected chi connectivity index (χ0v) is 17.0. The monoisotopic (exact) mass is 431 g/mol. The van der Waals surface area contributed by atoms with E-state index in [1.54, 1.807) is 0 Å². The number of piperazine rings is 1. The quantitative estimate of drug-likeness (QED) is 0.412. The summed E-state index contributed by atoms with van der Waals surface area (Å²) in [6.07, 6.45) is 0. The standard InChI is InChI=1S/C20H22ClN5O4/c21-15-4-6-17(7-5-15)25-12-10-24(11-13-25)9-8-22-19(27)20(28)23-16-2-1-3-18(14-16)26(29)30/h1-7,14H,8-13H2,(H,22,27)(H,23,28). The van der Waals surface area contributed by atoms with Crippen molar-refractivity contribution in [3.8, 4) is 0 Å². The molecule has 1 aliphatic rings. The molecule has 3 rings (SSSR count). The maximum Gasteiger partial charge on any atom is 0.313 e. The van der Waals surface area contributed by atoms with Crippen LogP contribution in [0.3, 0.4) is 0 Å². The van der Waals surface area contributed by atoms with Gasteiger partial charge in [-0.2, -0.15) is 0 Å². The van der Waals surface area contributed by atoms with Crippen LogP contribution >= 0.6 is 11.6 Å². The summed E-state index contributed by atoms with van der Waals surface area (Å²) in [6.45, 7) is 4.38. The van der Waals surface area contributed by atoms with Gasteiger partial charge in [0.05, 0.1) is 4.92 Å². The van der Waals surface area contributed by atoms with Gasteiger partial charge >= 0.3 is 11.8 Å². The number of non-ortho nitro benzene ring substituents is 1. The van der Waals surface area contributed by atoms with Gasteiger partial charge in [-0.25, -0.2) is 0 Å². The Hall–Kier alpha value is -3.17. The summed E-state index contributed by atoms with van der Waals surface area (Å²) >= 11 is 5.93. The Morgan fingerprint density at radius 3 is 2.40 bits per heavy atom. The zero-order chi connectivity index (χ0) is 21.5. The van der Waals surface area contributed by atoms with Gasteiger partial charge in [-0.05, 0) is 30.3 Å². The lowest BCUT2D eigenvalue weighted by molar-refractivity contribution is -0.384. The van der Waals surface area contributed by atoms with Gasteiger partial charge in [-0.1, -0.05) is 17.7 Å². The summed E-state index contributed by atoms with van der Waals surface area (Å²) in [5, 5.41) is 16.4. The summed E-state index contributed by atoms with van der Waals surface area (Å²) in [5.74, 6) is -1.63. The highest BCUT2D eigenvalue weighted by atomic mass is 35.5. The third-order valence-corrected chi connectivity index (χ3v) is 5.05. The van der Waals surface area contributed by atoms with Crippen molar-refractivity contribution in [1.29, 1.82) is 0 Å². The van der Waals surface area contributed by atoms with E-state index in [0.29, 0.717) is 18.1 Å². The molecule has 0 aromatic heterocycles. The molecule has 0 atom stereocenters. The molecule has 1 aliphatic heterocycles. The van der Waals surface area contributed by atoms with E-state index in [1.807, 2.05) is 24.3 Å². The van der Waals surface area contributed by atoms with Crippen molar-refractivity contribution >= 4 is 40.5 Å². The number of nitrogens with one attached hydrogen (secondary N) is 2. The number of nitro benzene ring substituents is 1. The van der Waals surface area contributed by atoms with Gasteiger partial charge in [0.2, 0.25) is 0 Å². The maximum atomic E-state index is 12.0. The van der Waals surface area contributed by atoms with Crippen molar-refractivity contribution in [3.05, 3.63) is 63.7 Å². The third-order valence-electron chi connectivity index (χ3n) is 4.80. The first-order chi connectivity index (χ1) is 14.4. The summed E-state index contributed by atoms with van der Waals surface area (Å²) in [4.78, 5) is 38.7. The number of carbonyl (C=O) groups is 2. The van der Waals surface area contributed by atoms with Crippen LogP contribution in [-0.4, -0.2) is 60.9 Å². The van der Waals surface area contributed by atoms with Crippen LogP contribution in [0.15, 0.2) is 48.5 Å². The summed E-state index contributed by atoms with van der Waals surface area (Å²) < 4.78 is 0. The van der Waals surface area contributed by atoms with Crippen molar-refractivity contribution in [2.45, 2.75) is 0 Å². The van der Waals surface area contributed by atoms with E-state index in [4.69, 9.17) is 11.6 Å². The molecule has 0 unspecified atom stereocenters. The molecule has 1 fully saturated rings. The number of benzene rings is 2. The molecule has 158 valence electrons. The van der Waals surface area contributed by atoms with Crippen LogP contribution in [0.1, 0.15) is 0 Å². The average Bonchev–Trinajstić information content (AvgIpc) is 2.75. The molecule has 10 heteroatoms. The van der Waals surface area contributed by atoms with E-state index in [2.05, 4.69) is 20.4 Å². The second-order valence-corrected chi connectivity index (χ2v) is 7.26. The minimum Gasteiger partial charge on any atom is -0.369 e. The van der Waals surface area contributed by atoms with Crippen LogP contribution < -0.4 is 15.5 Å². The number of anilines is 2. The lowest BCUT2D eigenvalue weighted by Gasteiger charge is -2.36. The highest BCUT2D eigenvalue weighted by Gasteiger charge is 2.18. The van der Waals surface area contributed by atoms with Crippen LogP contribution in [0.5, 0.6) is 0 Å². The fraction of sp³-hybridized carbons (Fsp3) is 0.300. The van der Waals surface area contributed by atoms with Crippen LogP contribution in [0.2, 0.25) is 5.02 Å². The Morgan fingerprint density at radius 2 is 1.73 bits per heavy atom. The van der Waals surface area contributed by atoms with Crippen LogP contribution in [0.25, 0.3) is 0 Å². The lowest BCUT2D eigenvalue weighted by Crippen LogP contribution is -2.49. The first kappa shape index (κ1) is 21.5. The van der Waals surface area contributed by atoms with Crippen molar-refractivity contribution in [1.82, 2.24) is 10.2 Å². The van der Waals surface area contributed by atoms with E-state index in [1.165, 1.54) is 24.3 Å². The largest absolute Gasteiger partial charge is 0.369 e. The van der Waals surface area contributed by atoms with E-state index in [9.17, 15) is 19.7 Å². The highest BCUT2D eigenvalue weighted by molar-refractivity contribution is 6.39. The number of rotatable bonds is 6. The predicted octanol–water partition coefficient (Wildman–Crippen LogP) is 2.13. The van der Waals surface area contributed by atoms with E-state index in [0.717, 1.165) is 31.9 Å². The molecule has 1 heterocycles. The van der Waals surface area contributed by atoms with Crippen LogP contribution in [-0.2, 0) is 9.59 Å². The summed E-state index contributed by atoms with van der Waals surface area (Å²) in [7, 11) is 0. The third kappa shape index (κ3) is 5.91. The minimum atomic E-state index is -0.858. The number of nitro groups is 1. The summed E-state index contributed by atoms with van der Waals surface area (Å²) in [5.41, 5.74) is 1.17. The van der Waals surface area contributed by atoms with Crippen molar-refractivity contribution < 1.29 is 14.5 Å². The zero-order valence-electron chi connectivity index (χ0n) is 16.2. The number of halogens is 1. The fourth-order valence-corrected chi connectivity index (χ4v) is 3.30. The number of nitrogens with zero attached hydrogens (tertiary/aromatic N) is 3. The van der Waals surface area contributed by atoms with E-state index < -0.39 is 16.7 Å². The Morgan fingerprint density at radius 1 is 1.03 bits per heavy atom. The highest BCUT2D eigenvalue weighted by Crippen LogP contribution is 2.19. The first-order valence-corrected chi connectivity index (χ1v) is 9.86. The van der Waals surface area contributed by atoms with Gasteiger partial charge in [0.1, 0.15) is 0 Å². The molecular formula is C20H22ClN5O4. The van der Waals surface area contributed by atoms with Crippen LogP contribution in [0, 0.1) is 10.1 Å². The molecule has 0 bridgehead atoms. The maximum absolute atomic E-state index is 12.0. The SMILES string of the molecule is O=C(NCCN1CCN(c2ccc(Cl)cc2)CC1)C(=O)Nc1cccc([N+](=O)[O-])c1. The Bertz CT molecular complexity index is 914. The molecule has 0 radical (unpaired) electrons. The van der Waals surface area contributed by atoms with Gasteiger partial charge in [-0.3, -0.25) is 24.6 Å². The Labute approximate surface area is 178 Å². The smallest absolute Gasteiger partial charge is 0.313 e. The second kappa shape index (κ2) is 10.0. The first-order valence-electron chi connectivity index (χ1n) is 9.49. The van der Waals surface area contributed by atoms with Gasteiger partial charge in [-0.15, -0.1) is 0 Å². The van der Waals surface area contributed by atoms with E-state index in [-0.39, 0.29) is 11.4 Å². The van der Waals surface area contributed by atoms with Crippen LogP contribution in [0.4, 0.5) is 17.1 Å². The molecule has 2 aromatic carbocycles. The molecule has 0 aliphatic carbocycles. The lowest BCUT2D eigenvalue weighted by atomic mass is 10.2. The van der Waals surface area contributed by atoms with Gasteiger partial charge in [0.15, 0.2) is 0 Å². The Kier molecular flexibility index (Phi) is 7.21. The van der Waals surface area contributed by atoms with Gasteiger partial charge in [0, 0.05) is 67.8 Å². The van der Waals surface area contributed by atoms with E-state index >= 15 is 0 Å². The molecule has 0 saturated carbocycles. The number of carbonyl (C=O) groups excluding carboxylic acids is 2. The molecule has 1 saturated heterocycles. The molecule has 2 N–H and O–H groups in total. The Balaban J connectivity index is 1.38. The molecule has 30 heavy (non-hydrogen) atoms. The molecule has 0 spiro atoms. The molecule has 9 nitrogen and oxygen atoms in total. The number of hydrogen-bond acceptors (Lipinski definition) is 6. The van der Waals surface area contributed by atoms with Crippen molar-refractivity contribution in [2.24, 2.45) is 0 Å². The van der Waals surface area contributed by atoms with Crippen molar-refractivity contribution in [3.63, 3.8) is 0 Å². The molecular weight excluding hydrogens is 410 g/mol. The topological polar surface area (TPSA) is 108 Å². The molecule has 2 amide bonds. The number of amides is 2. The average molecular weight is 432 g/mol. The van der Waals surface area contributed by atoms with Gasteiger partial charge < -0.3 is 15.5 Å². The number of hydrogen-bond donors (Lipinski definition) is 2. The van der Waals surface area contributed by atoms with Gasteiger partial charge in [0.25, 0.3) is 5.69 Å². The summed E-state index contributed by atoms with van der Waals surface area (Å²) in [6, 6.07) is 13.2. The predicted molar refractivity (Wildman–Crippen MR) is 115 cm³/mol.